The lowest BCUT2D eigenvalue weighted by Gasteiger charge is -2.27. The van der Waals surface area contributed by atoms with Crippen LogP contribution in [0.4, 0.5) is 34.1 Å². The molecule has 0 spiro atoms. The lowest BCUT2D eigenvalue weighted by Crippen LogP contribution is -2.10. The molecule has 0 saturated carbocycles. The molecule has 0 radical (unpaired) electrons. The van der Waals surface area contributed by atoms with Crippen LogP contribution in [-0.4, -0.2) is 0 Å². The molecule has 5 nitrogen and oxygen atoms in total. The van der Waals surface area contributed by atoms with Crippen LogP contribution >= 0.6 is 0 Å². The molecule has 0 unspecified atom stereocenters. The van der Waals surface area contributed by atoms with Gasteiger partial charge in [-0.15, -0.1) is 0 Å². The van der Waals surface area contributed by atoms with Gasteiger partial charge in [-0.2, -0.15) is 0 Å². The van der Waals surface area contributed by atoms with Gasteiger partial charge in [0.2, 0.25) is 0 Å². The molecule has 0 fully saturated rings. The van der Waals surface area contributed by atoms with Crippen molar-refractivity contribution in [2.75, 3.05) is 9.80 Å². The van der Waals surface area contributed by atoms with E-state index < -0.39 is 0 Å². The van der Waals surface area contributed by atoms with E-state index in [4.69, 9.17) is 13.6 Å². The zero-order chi connectivity index (χ0) is 44.0. The number of benzene rings is 11. The van der Waals surface area contributed by atoms with Crippen molar-refractivity contribution in [3.63, 3.8) is 0 Å². The summed E-state index contributed by atoms with van der Waals surface area (Å²) >= 11 is 0. The number of para-hydroxylation sites is 6. The maximum absolute atomic E-state index is 6.86. The highest BCUT2D eigenvalue weighted by molar-refractivity contribution is 6.19. The molecule has 0 aliphatic carbocycles. The van der Waals surface area contributed by atoms with Gasteiger partial charge in [0.15, 0.2) is 11.2 Å². The Hall–Kier alpha value is -9.06. The van der Waals surface area contributed by atoms with Crippen LogP contribution in [0.25, 0.3) is 87.7 Å². The van der Waals surface area contributed by atoms with Gasteiger partial charge >= 0.3 is 0 Å². The van der Waals surface area contributed by atoms with Gasteiger partial charge in [-0.3, -0.25) is 0 Å². The summed E-state index contributed by atoms with van der Waals surface area (Å²) in [6, 6.07) is 81.2. The molecule has 1 aliphatic rings. The number of hydrogen-bond donors (Lipinski definition) is 0. The van der Waals surface area contributed by atoms with Crippen LogP contribution in [0.3, 0.4) is 0 Å². The minimum Gasteiger partial charge on any atom is -0.456 e. The second-order valence-electron chi connectivity index (χ2n) is 17.2. The van der Waals surface area contributed by atoms with Crippen LogP contribution in [-0.2, 0) is 0 Å². The van der Waals surface area contributed by atoms with E-state index in [0.29, 0.717) is 0 Å². The Bertz CT molecular complexity index is 4080. The molecule has 13 aromatic rings. The summed E-state index contributed by atoms with van der Waals surface area (Å²) in [6.45, 7) is 0. The third kappa shape index (κ3) is 5.88. The number of rotatable bonds is 7. The molecule has 1 aliphatic heterocycles. The summed E-state index contributed by atoms with van der Waals surface area (Å²) in [5.74, 6) is 1.69. The molecule has 0 atom stereocenters. The smallest absolute Gasteiger partial charge is 0.159 e. The van der Waals surface area contributed by atoms with E-state index in [-0.39, 0.29) is 0 Å². The molecular formula is C62H38N2O3. The van der Waals surface area contributed by atoms with Crippen molar-refractivity contribution in [3.05, 3.63) is 231 Å². The average molecular weight is 859 g/mol. The van der Waals surface area contributed by atoms with Gasteiger partial charge in [0, 0.05) is 55.2 Å². The summed E-state index contributed by atoms with van der Waals surface area (Å²) in [6.07, 6.45) is 0. The number of anilines is 6. The number of ether oxygens (including phenoxy) is 1. The summed E-state index contributed by atoms with van der Waals surface area (Å²) < 4.78 is 20.0. The highest BCUT2D eigenvalue weighted by Crippen LogP contribution is 2.51. The molecule has 314 valence electrons. The molecule has 5 heteroatoms. The molecule has 2 aromatic heterocycles. The molecule has 14 rings (SSSR count). The van der Waals surface area contributed by atoms with E-state index in [1.54, 1.807) is 0 Å². The lowest BCUT2D eigenvalue weighted by molar-refractivity contribution is 0.487. The van der Waals surface area contributed by atoms with Crippen molar-refractivity contribution in [3.8, 4) is 33.8 Å². The van der Waals surface area contributed by atoms with Crippen LogP contribution in [0.1, 0.15) is 0 Å². The number of nitrogens with zero attached hydrogens (tertiary/aromatic N) is 2. The monoisotopic (exact) mass is 858 g/mol. The van der Waals surface area contributed by atoms with E-state index in [1.165, 1.54) is 5.56 Å². The van der Waals surface area contributed by atoms with Crippen molar-refractivity contribution in [2.45, 2.75) is 0 Å². The predicted molar refractivity (Wildman–Crippen MR) is 276 cm³/mol. The van der Waals surface area contributed by atoms with Crippen LogP contribution in [0.15, 0.2) is 239 Å². The van der Waals surface area contributed by atoms with Gasteiger partial charge in [-0.1, -0.05) is 133 Å². The number of fused-ring (bicyclic) bond motifs is 10. The molecule has 0 amide bonds. The molecule has 0 saturated heterocycles. The van der Waals surface area contributed by atoms with Gasteiger partial charge < -0.3 is 23.4 Å². The Labute approximate surface area is 385 Å². The van der Waals surface area contributed by atoms with E-state index in [0.717, 1.165) is 128 Å². The van der Waals surface area contributed by atoms with Gasteiger partial charge in [0.1, 0.15) is 22.7 Å². The Morgan fingerprint density at radius 3 is 1.48 bits per heavy atom. The Morgan fingerprint density at radius 2 is 0.821 bits per heavy atom. The van der Waals surface area contributed by atoms with Crippen LogP contribution in [0.2, 0.25) is 0 Å². The fourth-order valence-electron chi connectivity index (χ4n) is 10.4. The normalized spacial score (nSPS) is 12.0. The Balaban J connectivity index is 0.845. The fourth-order valence-corrected chi connectivity index (χ4v) is 10.4. The zero-order valence-corrected chi connectivity index (χ0v) is 36.1. The molecule has 0 N–H and O–H groups in total. The second-order valence-corrected chi connectivity index (χ2v) is 17.2. The van der Waals surface area contributed by atoms with E-state index in [2.05, 4.69) is 210 Å². The lowest BCUT2D eigenvalue weighted by atomic mass is 9.89. The highest BCUT2D eigenvalue weighted by atomic mass is 16.5. The number of hydrogen-bond acceptors (Lipinski definition) is 5. The molecule has 11 aromatic carbocycles. The summed E-state index contributed by atoms with van der Waals surface area (Å²) in [5.41, 5.74) is 14.0. The second kappa shape index (κ2) is 14.7. The van der Waals surface area contributed by atoms with E-state index >= 15 is 0 Å². The van der Waals surface area contributed by atoms with Gasteiger partial charge in [-0.05, 0) is 130 Å². The first-order valence-corrected chi connectivity index (χ1v) is 22.6. The first kappa shape index (κ1) is 37.3. The minimum atomic E-state index is 0.842. The SMILES string of the molecule is c1ccc(N(c2ccc(-c3ccc4c(c3)Oc3cccc5c3c-4cc3ccc(N(c4ccccc4)c4cccc6c4oc4ccccc46)cc35)cc2)c2cccc3c2oc2ccccc23)cc1. The van der Waals surface area contributed by atoms with Crippen molar-refractivity contribution >= 4 is 99.5 Å². The predicted octanol–water partition coefficient (Wildman–Crippen LogP) is 18.2. The standard InChI is InChI=1S/C62H38N2O3/c1-3-14-42(15-4-1)63(54-23-11-21-50-46-18-7-9-25-56(46)66-61(50)54)44-32-28-39(29-33-44)40-31-35-48-53-36-41-30-34-45(38-52(41)49-20-13-27-58(60(49)53)65-59(48)37-40)64(43-16-5-2-6-17-43)55-24-12-22-51-47-19-8-10-26-57(47)67-62(51)55/h1-38H. The average Bonchev–Trinajstić information content (AvgIpc) is 3.97. The quantitative estimate of drug-likeness (QED) is 0.149. The van der Waals surface area contributed by atoms with E-state index in [1.807, 2.05) is 30.3 Å². The molecular weight excluding hydrogens is 821 g/mol. The Kier molecular flexibility index (Phi) is 8.21. The van der Waals surface area contributed by atoms with Gasteiger partial charge in [0.25, 0.3) is 0 Å². The maximum Gasteiger partial charge on any atom is 0.159 e. The zero-order valence-electron chi connectivity index (χ0n) is 36.1. The van der Waals surface area contributed by atoms with Gasteiger partial charge in [-0.25, -0.2) is 0 Å². The van der Waals surface area contributed by atoms with Crippen LogP contribution < -0.4 is 14.5 Å². The van der Waals surface area contributed by atoms with Crippen molar-refractivity contribution in [1.82, 2.24) is 0 Å². The molecule has 67 heavy (non-hydrogen) atoms. The third-order valence-electron chi connectivity index (χ3n) is 13.4. The van der Waals surface area contributed by atoms with Crippen LogP contribution in [0, 0.1) is 0 Å². The summed E-state index contributed by atoms with van der Waals surface area (Å²) in [4.78, 5) is 4.58. The highest BCUT2D eigenvalue weighted by Gasteiger charge is 2.25. The van der Waals surface area contributed by atoms with Gasteiger partial charge in [0.05, 0.1) is 11.4 Å². The molecule has 3 heterocycles. The summed E-state index contributed by atoms with van der Waals surface area (Å²) in [7, 11) is 0. The first-order chi connectivity index (χ1) is 33.2. The Morgan fingerprint density at radius 1 is 0.299 bits per heavy atom. The van der Waals surface area contributed by atoms with E-state index in [9.17, 15) is 0 Å². The van der Waals surface area contributed by atoms with Crippen molar-refractivity contribution in [1.29, 1.82) is 0 Å². The van der Waals surface area contributed by atoms with Crippen molar-refractivity contribution in [2.24, 2.45) is 0 Å². The largest absolute Gasteiger partial charge is 0.456 e. The molecule has 0 bridgehead atoms. The third-order valence-corrected chi connectivity index (χ3v) is 13.4. The maximum atomic E-state index is 6.86. The number of furan rings is 2. The fraction of sp³-hybridized carbons (Fsp3) is 0. The first-order valence-electron chi connectivity index (χ1n) is 22.6. The topological polar surface area (TPSA) is 42.0 Å². The summed E-state index contributed by atoms with van der Waals surface area (Å²) in [5, 5.41) is 8.98. The minimum absolute atomic E-state index is 0.842. The van der Waals surface area contributed by atoms with Crippen LogP contribution in [0.5, 0.6) is 11.5 Å². The van der Waals surface area contributed by atoms with Crippen molar-refractivity contribution < 1.29 is 13.6 Å².